The van der Waals surface area contributed by atoms with Crippen LogP contribution in [-0.2, 0) is 9.53 Å². The molecular formula is C23H25NO4S2. The Kier molecular flexibility index (Phi) is 8.30. The van der Waals surface area contributed by atoms with Gasteiger partial charge in [0.05, 0.1) is 18.1 Å². The molecule has 1 heterocycles. The van der Waals surface area contributed by atoms with Gasteiger partial charge >= 0.3 is 0 Å². The molecule has 2 aromatic carbocycles. The van der Waals surface area contributed by atoms with Crippen molar-refractivity contribution in [3.8, 4) is 11.5 Å². The summed E-state index contributed by atoms with van der Waals surface area (Å²) >= 11 is 6.59. The zero-order chi connectivity index (χ0) is 21.3. The van der Waals surface area contributed by atoms with Crippen LogP contribution in [0.1, 0.15) is 18.1 Å². The summed E-state index contributed by atoms with van der Waals surface area (Å²) in [6, 6.07) is 15.5. The molecule has 0 radical (unpaired) electrons. The Bertz CT molecular complexity index is 912. The zero-order valence-corrected chi connectivity index (χ0v) is 18.8. The number of hydrogen-bond acceptors (Lipinski definition) is 6. The number of thioether (sulfide) groups is 1. The summed E-state index contributed by atoms with van der Waals surface area (Å²) in [5.41, 5.74) is 2.05. The number of aryl methyl sites for hydroxylation is 1. The van der Waals surface area contributed by atoms with E-state index >= 15 is 0 Å². The molecule has 0 spiro atoms. The van der Waals surface area contributed by atoms with Crippen molar-refractivity contribution in [3.05, 3.63) is 64.6 Å². The predicted octanol–water partition coefficient (Wildman–Crippen LogP) is 4.69. The Morgan fingerprint density at radius 1 is 1.00 bits per heavy atom. The molecule has 158 valence electrons. The van der Waals surface area contributed by atoms with Crippen LogP contribution >= 0.6 is 24.0 Å². The smallest absolute Gasteiger partial charge is 0.266 e. The van der Waals surface area contributed by atoms with Crippen LogP contribution in [0.25, 0.3) is 6.08 Å². The number of benzene rings is 2. The average Bonchev–Trinajstić information content (AvgIpc) is 3.02. The number of ether oxygens (including phenoxy) is 3. The molecule has 2 aromatic rings. The van der Waals surface area contributed by atoms with Crippen LogP contribution in [0.4, 0.5) is 0 Å². The predicted molar refractivity (Wildman–Crippen MR) is 125 cm³/mol. The molecule has 1 saturated heterocycles. The number of para-hydroxylation sites is 1. The van der Waals surface area contributed by atoms with E-state index in [-0.39, 0.29) is 5.91 Å². The van der Waals surface area contributed by atoms with Crippen molar-refractivity contribution in [2.75, 3.05) is 33.0 Å². The quantitative estimate of drug-likeness (QED) is 0.302. The first-order chi connectivity index (χ1) is 14.6. The Hall–Kier alpha value is -2.35. The standard InChI is InChI=1S/C23H25NO4S2/c1-3-24-22(25)21(30-23(24)29)16-18-6-4-5-7-20(18)28-15-13-26-12-14-27-19-10-8-17(2)9-11-19/h4-11,16H,3,12-15H2,1-2H3/b21-16-. The van der Waals surface area contributed by atoms with Crippen molar-refractivity contribution in [2.24, 2.45) is 0 Å². The Balaban J connectivity index is 1.44. The highest BCUT2D eigenvalue weighted by molar-refractivity contribution is 8.26. The third kappa shape index (κ3) is 6.08. The van der Waals surface area contributed by atoms with Crippen LogP contribution in [0.3, 0.4) is 0 Å². The SMILES string of the molecule is CCN1C(=O)/C(=C/c2ccccc2OCCOCCOc2ccc(C)cc2)SC1=S. The van der Waals surface area contributed by atoms with Crippen molar-refractivity contribution in [1.82, 2.24) is 4.90 Å². The van der Waals surface area contributed by atoms with Gasteiger partial charge in [-0.1, -0.05) is 59.9 Å². The summed E-state index contributed by atoms with van der Waals surface area (Å²) in [4.78, 5) is 14.6. The minimum atomic E-state index is -0.0563. The van der Waals surface area contributed by atoms with Gasteiger partial charge in [-0.2, -0.15) is 0 Å². The summed E-state index contributed by atoms with van der Waals surface area (Å²) in [5, 5.41) is 0. The monoisotopic (exact) mass is 443 g/mol. The van der Waals surface area contributed by atoms with E-state index in [4.69, 9.17) is 26.4 Å². The summed E-state index contributed by atoms with van der Waals surface area (Å²) in [6.07, 6.45) is 1.83. The van der Waals surface area contributed by atoms with Gasteiger partial charge in [0.2, 0.25) is 0 Å². The number of carbonyl (C=O) groups is 1. The minimum Gasteiger partial charge on any atom is -0.491 e. The highest BCUT2D eigenvalue weighted by Crippen LogP contribution is 2.33. The van der Waals surface area contributed by atoms with Gasteiger partial charge in [-0.15, -0.1) is 0 Å². The number of likely N-dealkylation sites (N-methyl/N-ethyl adjacent to an activating group) is 1. The maximum absolute atomic E-state index is 12.4. The number of carbonyl (C=O) groups excluding carboxylic acids is 1. The third-order valence-electron chi connectivity index (χ3n) is 4.40. The first kappa shape index (κ1) is 22.3. The number of amides is 1. The second-order valence-corrected chi connectivity index (χ2v) is 8.26. The van der Waals surface area contributed by atoms with E-state index < -0.39 is 0 Å². The highest BCUT2D eigenvalue weighted by Gasteiger charge is 2.30. The second-order valence-electron chi connectivity index (χ2n) is 6.59. The van der Waals surface area contributed by atoms with Crippen molar-refractivity contribution in [2.45, 2.75) is 13.8 Å². The molecule has 1 fully saturated rings. The number of thiocarbonyl (C=S) groups is 1. The topological polar surface area (TPSA) is 48.0 Å². The third-order valence-corrected chi connectivity index (χ3v) is 5.78. The van der Waals surface area contributed by atoms with Gasteiger partial charge in [0.1, 0.15) is 29.0 Å². The Morgan fingerprint density at radius 3 is 2.40 bits per heavy atom. The van der Waals surface area contributed by atoms with Gasteiger partial charge in [0.25, 0.3) is 5.91 Å². The minimum absolute atomic E-state index is 0.0563. The molecule has 3 rings (SSSR count). The van der Waals surface area contributed by atoms with Crippen LogP contribution in [0.15, 0.2) is 53.4 Å². The fourth-order valence-electron chi connectivity index (χ4n) is 2.81. The molecule has 1 aliphatic heterocycles. The summed E-state index contributed by atoms with van der Waals surface area (Å²) in [6.45, 7) is 6.36. The van der Waals surface area contributed by atoms with Crippen LogP contribution in [0.5, 0.6) is 11.5 Å². The summed E-state index contributed by atoms with van der Waals surface area (Å²) in [7, 11) is 0. The van der Waals surface area contributed by atoms with Crippen molar-refractivity contribution < 1.29 is 19.0 Å². The Morgan fingerprint density at radius 2 is 1.70 bits per heavy atom. The largest absolute Gasteiger partial charge is 0.491 e. The molecule has 1 aliphatic rings. The molecule has 0 aliphatic carbocycles. The van der Waals surface area contributed by atoms with Gasteiger partial charge < -0.3 is 14.2 Å². The van der Waals surface area contributed by atoms with E-state index in [2.05, 4.69) is 0 Å². The van der Waals surface area contributed by atoms with Crippen molar-refractivity contribution in [3.63, 3.8) is 0 Å². The highest BCUT2D eigenvalue weighted by atomic mass is 32.2. The van der Waals surface area contributed by atoms with Crippen LogP contribution in [0, 0.1) is 6.92 Å². The van der Waals surface area contributed by atoms with Crippen LogP contribution in [0.2, 0.25) is 0 Å². The lowest BCUT2D eigenvalue weighted by Gasteiger charge is -2.11. The average molecular weight is 444 g/mol. The van der Waals surface area contributed by atoms with Gasteiger partial charge in [0.15, 0.2) is 0 Å². The molecule has 30 heavy (non-hydrogen) atoms. The molecule has 0 N–H and O–H groups in total. The number of rotatable bonds is 10. The lowest BCUT2D eigenvalue weighted by molar-refractivity contribution is -0.121. The zero-order valence-electron chi connectivity index (χ0n) is 17.1. The summed E-state index contributed by atoms with van der Waals surface area (Å²) < 4.78 is 17.7. The van der Waals surface area contributed by atoms with Gasteiger partial charge in [0, 0.05) is 12.1 Å². The van der Waals surface area contributed by atoms with Crippen molar-refractivity contribution in [1.29, 1.82) is 0 Å². The van der Waals surface area contributed by atoms with Gasteiger partial charge in [-0.25, -0.2) is 0 Å². The molecule has 0 unspecified atom stereocenters. The molecule has 0 bridgehead atoms. The van der Waals surface area contributed by atoms with Crippen LogP contribution < -0.4 is 9.47 Å². The maximum atomic E-state index is 12.4. The fraction of sp³-hybridized carbons (Fsp3) is 0.304. The van der Waals surface area contributed by atoms with Crippen LogP contribution in [-0.4, -0.2) is 48.1 Å². The maximum Gasteiger partial charge on any atom is 0.266 e. The van der Waals surface area contributed by atoms with Crippen molar-refractivity contribution >= 4 is 40.3 Å². The normalized spacial score (nSPS) is 15.1. The van der Waals surface area contributed by atoms with E-state index in [1.807, 2.05) is 68.5 Å². The molecular weight excluding hydrogens is 418 g/mol. The second kappa shape index (κ2) is 11.2. The van der Waals surface area contributed by atoms with E-state index in [1.165, 1.54) is 17.3 Å². The van der Waals surface area contributed by atoms with Gasteiger partial charge in [-0.3, -0.25) is 9.69 Å². The van der Waals surface area contributed by atoms with E-state index in [1.54, 1.807) is 4.90 Å². The lowest BCUT2D eigenvalue weighted by atomic mass is 10.2. The molecule has 0 saturated carbocycles. The molecule has 7 heteroatoms. The number of nitrogens with zero attached hydrogens (tertiary/aromatic N) is 1. The molecule has 0 atom stereocenters. The van der Waals surface area contributed by atoms with E-state index in [0.29, 0.717) is 47.9 Å². The Labute approximate surface area is 187 Å². The molecule has 5 nitrogen and oxygen atoms in total. The van der Waals surface area contributed by atoms with E-state index in [0.717, 1.165) is 11.3 Å². The number of hydrogen-bond donors (Lipinski definition) is 0. The van der Waals surface area contributed by atoms with Gasteiger partial charge in [-0.05, 0) is 38.1 Å². The lowest BCUT2D eigenvalue weighted by Crippen LogP contribution is -2.27. The molecule has 1 amide bonds. The fourth-order valence-corrected chi connectivity index (χ4v) is 4.19. The first-order valence-corrected chi connectivity index (χ1v) is 11.1. The van der Waals surface area contributed by atoms with E-state index in [9.17, 15) is 4.79 Å². The summed E-state index contributed by atoms with van der Waals surface area (Å²) in [5.74, 6) is 1.49. The first-order valence-electron chi connectivity index (χ1n) is 9.83. The molecule has 0 aromatic heterocycles.